The Kier molecular flexibility index (Phi) is 5.50. The molecule has 0 spiro atoms. The minimum atomic E-state index is -0.418. The van der Waals surface area contributed by atoms with E-state index in [1.807, 2.05) is 10.8 Å². The molecule has 0 radical (unpaired) electrons. The topological polar surface area (TPSA) is 125 Å². The molecule has 3 aromatic rings. The zero-order valence-corrected chi connectivity index (χ0v) is 14.8. The van der Waals surface area contributed by atoms with Crippen molar-refractivity contribution in [2.75, 3.05) is 11.9 Å². The van der Waals surface area contributed by atoms with Crippen LogP contribution in [-0.4, -0.2) is 37.9 Å². The second-order valence-electron chi connectivity index (χ2n) is 6.02. The Bertz CT molecular complexity index is 969. The number of aromatic amines is 2. The van der Waals surface area contributed by atoms with Crippen molar-refractivity contribution in [1.82, 2.24) is 24.8 Å². The molecule has 3 rings (SSSR count). The molecule has 0 saturated heterocycles. The number of H-pyrrole nitrogens is 2. The lowest BCUT2D eigenvalue weighted by atomic mass is 10.1. The van der Waals surface area contributed by atoms with E-state index >= 15 is 0 Å². The second kappa shape index (κ2) is 8.17. The first-order chi connectivity index (χ1) is 13.0. The lowest BCUT2D eigenvalue weighted by Crippen LogP contribution is -2.30. The highest BCUT2D eigenvalue weighted by molar-refractivity contribution is 6.08. The van der Waals surface area contributed by atoms with Crippen LogP contribution < -0.4 is 16.3 Å². The first kappa shape index (κ1) is 18.2. The molecule has 27 heavy (non-hydrogen) atoms. The summed E-state index contributed by atoms with van der Waals surface area (Å²) in [5, 5.41) is 5.48. The minimum Gasteiger partial charge on any atom is -0.338 e. The van der Waals surface area contributed by atoms with Gasteiger partial charge in [0.25, 0.3) is 0 Å². The fourth-order valence-corrected chi connectivity index (χ4v) is 2.61. The van der Waals surface area contributed by atoms with Gasteiger partial charge in [0.2, 0.25) is 5.78 Å². The summed E-state index contributed by atoms with van der Waals surface area (Å²) in [4.78, 5) is 44.5. The number of carbonyl (C=O) groups is 2. The molecule has 0 bridgehead atoms. The Balaban J connectivity index is 1.49. The third kappa shape index (κ3) is 4.72. The summed E-state index contributed by atoms with van der Waals surface area (Å²) in [7, 11) is 0. The van der Waals surface area contributed by atoms with Gasteiger partial charge in [-0.15, -0.1) is 0 Å². The van der Waals surface area contributed by atoms with E-state index in [9.17, 15) is 14.4 Å². The highest BCUT2D eigenvalue weighted by atomic mass is 16.2. The summed E-state index contributed by atoms with van der Waals surface area (Å²) in [6.45, 7) is 2.96. The van der Waals surface area contributed by atoms with Crippen molar-refractivity contribution in [3.05, 3.63) is 70.4 Å². The van der Waals surface area contributed by atoms with Gasteiger partial charge in [-0.05, 0) is 37.6 Å². The van der Waals surface area contributed by atoms with Gasteiger partial charge in [0.1, 0.15) is 5.69 Å². The van der Waals surface area contributed by atoms with Gasteiger partial charge in [-0.3, -0.25) is 4.79 Å². The Morgan fingerprint density at radius 1 is 1.19 bits per heavy atom. The van der Waals surface area contributed by atoms with Crippen molar-refractivity contribution in [3.63, 3.8) is 0 Å². The van der Waals surface area contributed by atoms with Crippen molar-refractivity contribution in [2.45, 2.75) is 19.9 Å². The Morgan fingerprint density at radius 2 is 1.96 bits per heavy atom. The quantitative estimate of drug-likeness (QED) is 0.374. The molecule has 2 amide bonds. The lowest BCUT2D eigenvalue weighted by Gasteiger charge is -2.08. The number of imidazole rings is 2. The lowest BCUT2D eigenvalue weighted by molar-refractivity contribution is 0.103. The zero-order valence-electron chi connectivity index (χ0n) is 14.8. The van der Waals surface area contributed by atoms with Crippen molar-refractivity contribution in [2.24, 2.45) is 0 Å². The van der Waals surface area contributed by atoms with Gasteiger partial charge in [0, 0.05) is 42.4 Å². The smallest absolute Gasteiger partial charge is 0.323 e. The monoisotopic (exact) mass is 368 g/mol. The van der Waals surface area contributed by atoms with Crippen LogP contribution in [0.1, 0.15) is 28.2 Å². The molecule has 0 unspecified atom stereocenters. The average Bonchev–Trinajstić information content (AvgIpc) is 3.28. The summed E-state index contributed by atoms with van der Waals surface area (Å²) in [5.74, 6) is -0.290. The number of rotatable bonds is 7. The second-order valence-corrected chi connectivity index (χ2v) is 6.02. The van der Waals surface area contributed by atoms with E-state index in [-0.39, 0.29) is 17.5 Å². The number of carbonyl (C=O) groups excluding carboxylic acids is 2. The van der Waals surface area contributed by atoms with E-state index in [1.165, 1.54) is 0 Å². The molecule has 0 aliphatic heterocycles. The molecule has 0 fully saturated rings. The van der Waals surface area contributed by atoms with E-state index in [0.717, 1.165) is 13.0 Å². The van der Waals surface area contributed by atoms with Gasteiger partial charge >= 0.3 is 11.7 Å². The molecular weight excluding hydrogens is 348 g/mol. The van der Waals surface area contributed by atoms with Crippen LogP contribution in [0.5, 0.6) is 0 Å². The summed E-state index contributed by atoms with van der Waals surface area (Å²) in [5.41, 5.74) is 1.29. The molecule has 4 N–H and O–H groups in total. The number of nitrogens with one attached hydrogen (secondary N) is 4. The SMILES string of the molecule is Cc1[nH]c(=O)[nH]c1C(=O)c1ccc(NC(=O)NCCCn2ccnc2)cc1. The molecule has 0 saturated carbocycles. The summed E-state index contributed by atoms with van der Waals surface area (Å²) >= 11 is 0. The maximum Gasteiger partial charge on any atom is 0.323 e. The third-order valence-electron chi connectivity index (χ3n) is 3.98. The number of amides is 2. The molecular formula is C18H20N6O3. The minimum absolute atomic E-state index is 0.233. The number of hydrogen-bond acceptors (Lipinski definition) is 4. The first-order valence-electron chi connectivity index (χ1n) is 8.47. The molecule has 9 nitrogen and oxygen atoms in total. The third-order valence-corrected chi connectivity index (χ3v) is 3.98. The number of urea groups is 1. The van der Waals surface area contributed by atoms with Gasteiger partial charge in [0.05, 0.1) is 6.33 Å². The fraction of sp³-hybridized carbons (Fsp3) is 0.222. The van der Waals surface area contributed by atoms with Gasteiger partial charge in [-0.2, -0.15) is 0 Å². The van der Waals surface area contributed by atoms with Crippen LogP contribution in [0.25, 0.3) is 0 Å². The normalized spacial score (nSPS) is 10.6. The van der Waals surface area contributed by atoms with Crippen LogP contribution in [0.15, 0.2) is 47.8 Å². The van der Waals surface area contributed by atoms with E-state index in [4.69, 9.17) is 0 Å². The van der Waals surface area contributed by atoms with Crippen LogP contribution >= 0.6 is 0 Å². The van der Waals surface area contributed by atoms with E-state index in [0.29, 0.717) is 23.5 Å². The average molecular weight is 368 g/mol. The maximum atomic E-state index is 12.4. The molecule has 2 aromatic heterocycles. The number of aryl methyl sites for hydroxylation is 2. The van der Waals surface area contributed by atoms with E-state index in [2.05, 4.69) is 25.6 Å². The van der Waals surface area contributed by atoms with E-state index in [1.54, 1.807) is 43.7 Å². The number of nitrogens with zero attached hydrogens (tertiary/aromatic N) is 2. The predicted molar refractivity (Wildman–Crippen MR) is 99.9 cm³/mol. The van der Waals surface area contributed by atoms with Crippen LogP contribution in [0.3, 0.4) is 0 Å². The van der Waals surface area contributed by atoms with Gasteiger partial charge < -0.3 is 25.2 Å². The molecule has 0 aliphatic rings. The largest absolute Gasteiger partial charge is 0.338 e. The molecule has 9 heteroatoms. The summed E-state index contributed by atoms with van der Waals surface area (Å²) in [6, 6.07) is 6.16. The van der Waals surface area contributed by atoms with Crippen LogP contribution in [0.4, 0.5) is 10.5 Å². The van der Waals surface area contributed by atoms with Gasteiger partial charge in [-0.1, -0.05) is 0 Å². The molecule has 2 heterocycles. The number of anilines is 1. The zero-order chi connectivity index (χ0) is 19.2. The number of hydrogen-bond donors (Lipinski definition) is 4. The van der Waals surface area contributed by atoms with Crippen molar-refractivity contribution < 1.29 is 9.59 Å². The van der Waals surface area contributed by atoms with Gasteiger partial charge in [0.15, 0.2) is 0 Å². The fourth-order valence-electron chi connectivity index (χ4n) is 2.61. The highest BCUT2D eigenvalue weighted by Crippen LogP contribution is 2.13. The Morgan fingerprint density at radius 3 is 2.59 bits per heavy atom. The maximum absolute atomic E-state index is 12.4. The predicted octanol–water partition coefficient (Wildman–Crippen LogP) is 1.65. The van der Waals surface area contributed by atoms with Crippen LogP contribution in [0.2, 0.25) is 0 Å². The molecule has 0 aliphatic carbocycles. The molecule has 1 aromatic carbocycles. The number of benzene rings is 1. The first-order valence-corrected chi connectivity index (χ1v) is 8.47. The Labute approximate surface area is 154 Å². The van der Waals surface area contributed by atoms with E-state index < -0.39 is 5.69 Å². The Hall–Kier alpha value is -3.62. The number of aromatic nitrogens is 4. The molecule has 0 atom stereocenters. The van der Waals surface area contributed by atoms with Crippen LogP contribution in [-0.2, 0) is 6.54 Å². The van der Waals surface area contributed by atoms with Crippen molar-refractivity contribution in [1.29, 1.82) is 0 Å². The molecule has 140 valence electrons. The standard InChI is InChI=1S/C18H20N6O3/c1-12-15(23-18(27)21-12)16(25)13-3-5-14(6-4-13)22-17(26)20-7-2-9-24-10-8-19-11-24/h3-6,8,10-11H,2,7,9H2,1H3,(H2,20,22,26)(H2,21,23,27). The summed E-state index contributed by atoms with van der Waals surface area (Å²) < 4.78 is 1.94. The van der Waals surface area contributed by atoms with Crippen molar-refractivity contribution >= 4 is 17.5 Å². The highest BCUT2D eigenvalue weighted by Gasteiger charge is 2.14. The van der Waals surface area contributed by atoms with Gasteiger partial charge in [-0.25, -0.2) is 14.6 Å². The van der Waals surface area contributed by atoms with Crippen LogP contribution in [0, 0.1) is 6.92 Å². The van der Waals surface area contributed by atoms with Crippen molar-refractivity contribution in [3.8, 4) is 0 Å². The summed E-state index contributed by atoms with van der Waals surface area (Å²) in [6.07, 6.45) is 6.09. The number of ketones is 1.